The van der Waals surface area contributed by atoms with Gasteiger partial charge in [-0.25, -0.2) is 0 Å². The molecule has 124 valence electrons. The summed E-state index contributed by atoms with van der Waals surface area (Å²) in [5.41, 5.74) is 0. The molecule has 2 atom stereocenters. The van der Waals surface area contributed by atoms with Gasteiger partial charge in [-0.15, -0.1) is 0 Å². The maximum atomic E-state index is 12.7. The molecule has 1 aliphatic carbocycles. The number of aliphatic hydroxyl groups is 1. The molecule has 0 unspecified atom stereocenters. The molecule has 0 radical (unpaired) electrons. The fourth-order valence-electron chi connectivity index (χ4n) is 3.54. The third kappa shape index (κ3) is 5.11. The van der Waals surface area contributed by atoms with E-state index in [2.05, 4.69) is 4.90 Å². The first-order chi connectivity index (χ1) is 9.86. The molecule has 1 heterocycles. The van der Waals surface area contributed by atoms with Crippen molar-refractivity contribution in [1.82, 2.24) is 9.80 Å². The molecule has 0 aromatic heterocycles. The van der Waals surface area contributed by atoms with E-state index in [0.717, 1.165) is 6.42 Å². The van der Waals surface area contributed by atoms with Crippen molar-refractivity contribution in [3.63, 3.8) is 0 Å². The quantitative estimate of drug-likeness (QED) is 0.845. The minimum absolute atomic E-state index is 0.334. The number of halogens is 3. The summed E-state index contributed by atoms with van der Waals surface area (Å²) in [5.74, 6) is 0.645. The Morgan fingerprint density at radius 3 is 2.19 bits per heavy atom. The standard InChI is InChI=1S/C15H27F3N2O/c1-12(15(16,17)18)20-8-6-19(7-9-20)11-14(21)10-13-4-2-3-5-13/h12-14,21H,2-11H2,1H3/t12-,14+/m1/s1. The van der Waals surface area contributed by atoms with E-state index in [4.69, 9.17) is 0 Å². The number of hydrogen-bond donors (Lipinski definition) is 1. The maximum Gasteiger partial charge on any atom is 0.403 e. The number of rotatable bonds is 5. The van der Waals surface area contributed by atoms with E-state index in [0.29, 0.717) is 38.6 Å². The molecular formula is C15H27F3N2O. The molecule has 0 aromatic carbocycles. The molecule has 0 bridgehead atoms. The van der Waals surface area contributed by atoms with Gasteiger partial charge in [0, 0.05) is 32.7 Å². The highest BCUT2D eigenvalue weighted by Gasteiger charge is 2.40. The van der Waals surface area contributed by atoms with Gasteiger partial charge in [-0.2, -0.15) is 13.2 Å². The average Bonchev–Trinajstić information content (AvgIpc) is 2.90. The Hall–Kier alpha value is -0.330. The van der Waals surface area contributed by atoms with Gasteiger partial charge in [-0.3, -0.25) is 9.80 Å². The van der Waals surface area contributed by atoms with Crippen molar-refractivity contribution < 1.29 is 18.3 Å². The van der Waals surface area contributed by atoms with E-state index in [1.165, 1.54) is 37.5 Å². The van der Waals surface area contributed by atoms with E-state index in [1.807, 2.05) is 0 Å². The Kier molecular flexibility index (Phi) is 5.91. The largest absolute Gasteiger partial charge is 0.403 e. The summed E-state index contributed by atoms with van der Waals surface area (Å²) in [4.78, 5) is 3.58. The number of piperazine rings is 1. The van der Waals surface area contributed by atoms with Crippen LogP contribution in [0.3, 0.4) is 0 Å². The second-order valence-electron chi connectivity index (χ2n) is 6.59. The lowest BCUT2D eigenvalue weighted by Crippen LogP contribution is -2.54. The molecule has 3 nitrogen and oxygen atoms in total. The van der Waals surface area contributed by atoms with Gasteiger partial charge in [0.15, 0.2) is 0 Å². The normalized spacial score (nSPS) is 26.1. The molecule has 2 aliphatic rings. The van der Waals surface area contributed by atoms with E-state index < -0.39 is 12.2 Å². The van der Waals surface area contributed by atoms with Gasteiger partial charge in [0.05, 0.1) is 6.10 Å². The third-order valence-electron chi connectivity index (χ3n) is 4.98. The minimum Gasteiger partial charge on any atom is -0.392 e. The summed E-state index contributed by atoms with van der Waals surface area (Å²) < 4.78 is 38.0. The van der Waals surface area contributed by atoms with Gasteiger partial charge in [0.1, 0.15) is 6.04 Å². The lowest BCUT2D eigenvalue weighted by molar-refractivity contribution is -0.182. The van der Waals surface area contributed by atoms with Gasteiger partial charge in [-0.1, -0.05) is 25.7 Å². The van der Waals surface area contributed by atoms with Crippen LogP contribution in [0.1, 0.15) is 39.0 Å². The third-order valence-corrected chi connectivity index (χ3v) is 4.98. The maximum absolute atomic E-state index is 12.7. The Labute approximate surface area is 125 Å². The summed E-state index contributed by atoms with van der Waals surface area (Å²) in [6, 6.07) is -1.37. The van der Waals surface area contributed by atoms with Crippen LogP contribution < -0.4 is 0 Å². The summed E-state index contributed by atoms with van der Waals surface area (Å²) in [5, 5.41) is 10.1. The van der Waals surface area contributed by atoms with Crippen LogP contribution in [0.4, 0.5) is 13.2 Å². The molecular weight excluding hydrogens is 281 g/mol. The Bertz CT molecular complexity index is 311. The van der Waals surface area contributed by atoms with Gasteiger partial charge >= 0.3 is 6.18 Å². The minimum atomic E-state index is -4.15. The van der Waals surface area contributed by atoms with Crippen molar-refractivity contribution in [1.29, 1.82) is 0 Å². The van der Waals surface area contributed by atoms with Crippen molar-refractivity contribution in [2.24, 2.45) is 5.92 Å². The number of nitrogens with zero attached hydrogens (tertiary/aromatic N) is 2. The van der Waals surface area contributed by atoms with Crippen LogP contribution in [-0.2, 0) is 0 Å². The highest BCUT2D eigenvalue weighted by molar-refractivity contribution is 4.82. The average molecular weight is 308 g/mol. The fraction of sp³-hybridized carbons (Fsp3) is 1.00. The van der Waals surface area contributed by atoms with Crippen molar-refractivity contribution >= 4 is 0 Å². The van der Waals surface area contributed by atoms with Crippen LogP contribution in [0.15, 0.2) is 0 Å². The van der Waals surface area contributed by atoms with E-state index in [9.17, 15) is 18.3 Å². The molecule has 0 spiro atoms. The summed E-state index contributed by atoms with van der Waals surface area (Å²) >= 11 is 0. The molecule has 0 amide bonds. The van der Waals surface area contributed by atoms with Crippen LogP contribution in [0.2, 0.25) is 0 Å². The van der Waals surface area contributed by atoms with E-state index >= 15 is 0 Å². The first-order valence-corrected chi connectivity index (χ1v) is 8.07. The van der Waals surface area contributed by atoms with Crippen molar-refractivity contribution in [2.75, 3.05) is 32.7 Å². The molecule has 1 saturated carbocycles. The summed E-state index contributed by atoms with van der Waals surface area (Å²) in [6.45, 7) is 3.91. The van der Waals surface area contributed by atoms with Gasteiger partial charge in [0.2, 0.25) is 0 Å². The molecule has 1 N–H and O–H groups in total. The second kappa shape index (κ2) is 7.29. The highest BCUT2D eigenvalue weighted by atomic mass is 19.4. The first kappa shape index (κ1) is 17.0. The smallest absolute Gasteiger partial charge is 0.392 e. The van der Waals surface area contributed by atoms with E-state index in [1.54, 1.807) is 0 Å². The number of alkyl halides is 3. The van der Waals surface area contributed by atoms with Crippen LogP contribution >= 0.6 is 0 Å². The molecule has 1 aliphatic heterocycles. The summed E-state index contributed by atoms with van der Waals surface area (Å²) in [6.07, 6.45) is 1.34. The predicted molar refractivity (Wildman–Crippen MR) is 76.1 cm³/mol. The number of hydrogen-bond acceptors (Lipinski definition) is 3. The first-order valence-electron chi connectivity index (χ1n) is 8.07. The van der Waals surface area contributed by atoms with Gasteiger partial charge in [0.25, 0.3) is 0 Å². The molecule has 2 fully saturated rings. The van der Waals surface area contributed by atoms with Gasteiger partial charge in [-0.05, 0) is 19.3 Å². The SMILES string of the molecule is C[C@@H](N1CCN(C[C@@H](O)CC2CCCC2)CC1)C(F)(F)F. The Morgan fingerprint density at radius 2 is 1.67 bits per heavy atom. The molecule has 21 heavy (non-hydrogen) atoms. The lowest BCUT2D eigenvalue weighted by Gasteiger charge is -2.39. The lowest BCUT2D eigenvalue weighted by atomic mass is 9.99. The Balaban J connectivity index is 1.68. The zero-order valence-electron chi connectivity index (χ0n) is 12.8. The fourth-order valence-corrected chi connectivity index (χ4v) is 3.54. The number of aliphatic hydroxyl groups excluding tert-OH is 1. The van der Waals surface area contributed by atoms with Crippen LogP contribution in [-0.4, -0.2) is 66.0 Å². The second-order valence-corrected chi connectivity index (χ2v) is 6.59. The van der Waals surface area contributed by atoms with Crippen molar-refractivity contribution in [3.8, 4) is 0 Å². The molecule has 2 rings (SSSR count). The number of β-amino-alcohol motifs (C(OH)–C–C–N with tert-alkyl or cyclic N) is 1. The van der Waals surface area contributed by atoms with Gasteiger partial charge < -0.3 is 5.11 Å². The zero-order valence-corrected chi connectivity index (χ0v) is 12.8. The molecule has 6 heteroatoms. The molecule has 1 saturated heterocycles. The van der Waals surface area contributed by atoms with Crippen molar-refractivity contribution in [3.05, 3.63) is 0 Å². The monoisotopic (exact) mass is 308 g/mol. The predicted octanol–water partition coefficient (Wildman–Crippen LogP) is 2.50. The topological polar surface area (TPSA) is 26.7 Å². The Morgan fingerprint density at radius 1 is 1.10 bits per heavy atom. The highest BCUT2D eigenvalue weighted by Crippen LogP contribution is 2.29. The van der Waals surface area contributed by atoms with Crippen LogP contribution in [0.5, 0.6) is 0 Å². The van der Waals surface area contributed by atoms with Crippen LogP contribution in [0, 0.1) is 5.92 Å². The van der Waals surface area contributed by atoms with Crippen LogP contribution in [0.25, 0.3) is 0 Å². The zero-order chi connectivity index (χ0) is 15.5. The van der Waals surface area contributed by atoms with Crippen molar-refractivity contribution in [2.45, 2.75) is 57.3 Å². The summed E-state index contributed by atoms with van der Waals surface area (Å²) in [7, 11) is 0. The molecule has 0 aromatic rings. The van der Waals surface area contributed by atoms with E-state index in [-0.39, 0.29) is 6.10 Å².